The van der Waals surface area contributed by atoms with Gasteiger partial charge in [-0.3, -0.25) is 0 Å². The maximum atomic E-state index is 13.1. The Labute approximate surface area is 165 Å². The van der Waals surface area contributed by atoms with Crippen LogP contribution in [0.15, 0.2) is 89.8 Å². The number of rotatable bonds is 7. The first-order valence-electron chi connectivity index (χ1n) is 8.57. The van der Waals surface area contributed by atoms with E-state index >= 15 is 0 Å². The lowest BCUT2D eigenvalue weighted by Gasteiger charge is -2.28. The van der Waals surface area contributed by atoms with Crippen molar-refractivity contribution >= 4 is 21.8 Å². The maximum absolute atomic E-state index is 13.1. The molecule has 140 valence electrons. The summed E-state index contributed by atoms with van der Waals surface area (Å²) in [6.07, 6.45) is 0. The molecule has 2 atom stereocenters. The minimum atomic E-state index is -3.75. The molecular weight excluding hydrogens is 380 g/mol. The van der Waals surface area contributed by atoms with Crippen molar-refractivity contribution in [2.75, 3.05) is 0 Å². The minimum Gasteiger partial charge on any atom is -0.224 e. The second-order valence-electron chi connectivity index (χ2n) is 6.27. The van der Waals surface area contributed by atoms with Crippen molar-refractivity contribution in [3.05, 3.63) is 102 Å². The average molecular weight is 401 g/mol. The average Bonchev–Trinajstić information content (AvgIpc) is 2.69. The third kappa shape index (κ3) is 4.57. The Balaban J connectivity index is 2.04. The Bertz CT molecular complexity index is 979. The molecule has 0 unspecified atom stereocenters. The highest BCUT2D eigenvalue weighted by molar-refractivity contribution is 7.89. The summed E-state index contributed by atoms with van der Waals surface area (Å²) in [5.74, 6) is 0. The Morgan fingerprint density at radius 2 is 1.22 bits per heavy atom. The number of benzene rings is 3. The van der Waals surface area contributed by atoms with Gasteiger partial charge in [0.15, 0.2) is 0 Å². The number of hydrogen-bond acceptors (Lipinski definition) is 3. The molecule has 0 fully saturated rings. The molecule has 0 saturated carbocycles. The lowest BCUT2D eigenvalue weighted by Crippen LogP contribution is -2.36. The fourth-order valence-electron chi connectivity index (χ4n) is 3.06. The first kappa shape index (κ1) is 19.6. The van der Waals surface area contributed by atoms with Crippen molar-refractivity contribution in [1.82, 2.24) is 9.56 Å². The van der Waals surface area contributed by atoms with Gasteiger partial charge in [-0.1, -0.05) is 78.9 Å². The topological polar surface area (TPSA) is 58.2 Å². The van der Waals surface area contributed by atoms with Crippen molar-refractivity contribution in [1.29, 1.82) is 0 Å². The minimum absolute atomic E-state index is 0.257. The molecule has 0 amide bonds. The molecule has 2 N–H and O–H groups in total. The molecule has 0 bridgehead atoms. The second-order valence-corrected chi connectivity index (χ2v) is 8.17. The van der Waals surface area contributed by atoms with Gasteiger partial charge in [-0.15, -0.1) is 0 Å². The Hall–Kier alpha value is -2.18. The number of sulfonamides is 1. The summed E-state index contributed by atoms with van der Waals surface area (Å²) in [5, 5.41) is 0. The predicted molar refractivity (Wildman–Crippen MR) is 109 cm³/mol. The third-order valence-electron chi connectivity index (χ3n) is 4.43. The van der Waals surface area contributed by atoms with Crippen LogP contribution >= 0.6 is 11.8 Å². The number of halogens is 1. The Morgan fingerprint density at radius 1 is 0.741 bits per heavy atom. The van der Waals surface area contributed by atoms with E-state index in [0.717, 1.165) is 11.1 Å². The van der Waals surface area contributed by atoms with Crippen LogP contribution in [0.4, 0.5) is 0 Å². The molecular formula is C21H21ClN2O2S. The van der Waals surface area contributed by atoms with E-state index in [-0.39, 0.29) is 4.90 Å². The predicted octanol–water partition coefficient (Wildman–Crippen LogP) is 4.50. The quantitative estimate of drug-likeness (QED) is 0.574. The molecule has 27 heavy (non-hydrogen) atoms. The summed E-state index contributed by atoms with van der Waals surface area (Å²) in [5.41, 5.74) is 2.39. The highest BCUT2D eigenvalue weighted by Crippen LogP contribution is 2.31. The van der Waals surface area contributed by atoms with E-state index in [4.69, 9.17) is 11.8 Å². The summed E-state index contributed by atoms with van der Waals surface area (Å²) in [7, 11) is -3.75. The van der Waals surface area contributed by atoms with Crippen LogP contribution < -0.4 is 9.56 Å². The molecule has 0 aliphatic rings. The van der Waals surface area contributed by atoms with Gasteiger partial charge < -0.3 is 0 Å². The van der Waals surface area contributed by atoms with Crippen LogP contribution in [0.1, 0.15) is 28.8 Å². The van der Waals surface area contributed by atoms with Gasteiger partial charge in [0.05, 0.1) is 17.0 Å². The lowest BCUT2D eigenvalue weighted by molar-refractivity contribution is 0.482. The van der Waals surface area contributed by atoms with Gasteiger partial charge in [0, 0.05) is 0 Å². The highest BCUT2D eigenvalue weighted by Gasteiger charge is 2.30. The summed E-state index contributed by atoms with van der Waals surface area (Å²) >= 11 is 6.07. The van der Waals surface area contributed by atoms with Crippen molar-refractivity contribution in [2.45, 2.75) is 23.9 Å². The van der Waals surface area contributed by atoms with E-state index < -0.39 is 22.1 Å². The lowest BCUT2D eigenvalue weighted by atomic mass is 9.95. The van der Waals surface area contributed by atoms with E-state index in [9.17, 15) is 8.42 Å². The first-order chi connectivity index (χ1) is 13.0. The molecule has 6 heteroatoms. The first-order valence-corrected chi connectivity index (χ1v) is 10.4. The van der Waals surface area contributed by atoms with Crippen LogP contribution in [0.2, 0.25) is 0 Å². The van der Waals surface area contributed by atoms with Gasteiger partial charge in [0.25, 0.3) is 0 Å². The van der Waals surface area contributed by atoms with Gasteiger partial charge in [0.1, 0.15) is 0 Å². The molecule has 0 aliphatic carbocycles. The monoisotopic (exact) mass is 400 g/mol. The summed E-state index contributed by atoms with van der Waals surface area (Å²) in [4.78, 5) is 3.01. The summed E-state index contributed by atoms with van der Waals surface area (Å²) in [6.45, 7) is 1.78. The second kappa shape index (κ2) is 8.67. The normalized spacial score (nSPS) is 13.9. The molecule has 0 radical (unpaired) electrons. The molecule has 3 aromatic rings. The van der Waals surface area contributed by atoms with Crippen molar-refractivity contribution in [2.24, 2.45) is 0 Å². The molecule has 0 saturated heterocycles. The largest absolute Gasteiger partial charge is 0.241 e. The zero-order chi connectivity index (χ0) is 19.3. The van der Waals surface area contributed by atoms with Crippen LogP contribution in [0.25, 0.3) is 0 Å². The van der Waals surface area contributed by atoms with Crippen LogP contribution in [0.3, 0.4) is 0 Å². The summed E-state index contributed by atoms with van der Waals surface area (Å²) < 4.78 is 29.1. The molecule has 0 spiro atoms. The van der Waals surface area contributed by atoms with E-state index in [1.54, 1.807) is 25.1 Å². The number of nitrogens with one attached hydrogen (secondary N) is 2. The van der Waals surface area contributed by atoms with Crippen molar-refractivity contribution < 1.29 is 8.42 Å². The van der Waals surface area contributed by atoms with Gasteiger partial charge in [0.2, 0.25) is 10.0 Å². The van der Waals surface area contributed by atoms with Gasteiger partial charge >= 0.3 is 0 Å². The highest BCUT2D eigenvalue weighted by atomic mass is 35.5. The van der Waals surface area contributed by atoms with Crippen LogP contribution in [0, 0.1) is 6.92 Å². The molecule has 0 heterocycles. The maximum Gasteiger partial charge on any atom is 0.241 e. The van der Waals surface area contributed by atoms with Crippen LogP contribution in [-0.4, -0.2) is 8.42 Å². The van der Waals surface area contributed by atoms with E-state index in [1.165, 1.54) is 0 Å². The zero-order valence-electron chi connectivity index (χ0n) is 14.8. The van der Waals surface area contributed by atoms with Crippen LogP contribution in [0.5, 0.6) is 0 Å². The fourth-order valence-corrected chi connectivity index (χ4v) is 4.79. The summed E-state index contributed by atoms with van der Waals surface area (Å²) in [6, 6.07) is 24.8. The van der Waals surface area contributed by atoms with Gasteiger partial charge in [-0.2, -0.15) is 0 Å². The van der Waals surface area contributed by atoms with Gasteiger partial charge in [-0.05, 0) is 41.5 Å². The fraction of sp³-hybridized carbons (Fsp3) is 0.143. The SMILES string of the molecule is Cc1ccccc1S(=O)(=O)N[C@H](c1ccccc1)[C@H](NCl)c1ccccc1. The van der Waals surface area contributed by atoms with E-state index in [2.05, 4.69) is 9.56 Å². The third-order valence-corrected chi connectivity index (χ3v) is 6.27. The molecule has 4 nitrogen and oxygen atoms in total. The van der Waals surface area contributed by atoms with E-state index in [1.807, 2.05) is 66.7 Å². The Morgan fingerprint density at radius 3 is 1.74 bits per heavy atom. The zero-order valence-corrected chi connectivity index (χ0v) is 16.4. The van der Waals surface area contributed by atoms with Gasteiger partial charge in [-0.25, -0.2) is 18.0 Å². The van der Waals surface area contributed by atoms with Crippen molar-refractivity contribution in [3.63, 3.8) is 0 Å². The number of hydrogen-bond donors (Lipinski definition) is 2. The molecule has 0 aliphatic heterocycles. The molecule has 3 aromatic carbocycles. The standard InChI is InChI=1S/C21H21ClN2O2S/c1-16-10-8-9-15-19(16)27(25,26)24-21(18-13-6-3-7-14-18)20(23-22)17-11-4-2-5-12-17/h2-15,20-21,23-24H,1H3/t20-,21-/m1/s1. The molecule has 0 aromatic heterocycles. The Kier molecular flexibility index (Phi) is 6.29. The smallest absolute Gasteiger partial charge is 0.224 e. The molecule has 3 rings (SSSR count). The number of aryl methyl sites for hydroxylation is 1. The van der Waals surface area contributed by atoms with Crippen molar-refractivity contribution in [3.8, 4) is 0 Å². The van der Waals surface area contributed by atoms with E-state index in [0.29, 0.717) is 5.56 Å². The van der Waals surface area contributed by atoms with Crippen LogP contribution in [-0.2, 0) is 10.0 Å².